The van der Waals surface area contributed by atoms with Crippen LogP contribution in [0.2, 0.25) is 0 Å². The molecule has 25 heavy (non-hydrogen) atoms. The van der Waals surface area contributed by atoms with E-state index in [9.17, 15) is 10.2 Å². The molecule has 138 valence electrons. The van der Waals surface area contributed by atoms with E-state index in [-0.39, 0.29) is 6.10 Å². The highest BCUT2D eigenvalue weighted by Gasteiger charge is 2.31. The summed E-state index contributed by atoms with van der Waals surface area (Å²) >= 11 is 0. The van der Waals surface area contributed by atoms with Crippen LogP contribution in [0.1, 0.15) is 50.1 Å². The lowest BCUT2D eigenvalue weighted by Gasteiger charge is -2.36. The minimum absolute atomic E-state index is 0.290. The van der Waals surface area contributed by atoms with Crippen LogP contribution in [0, 0.1) is 0 Å². The summed E-state index contributed by atoms with van der Waals surface area (Å²) in [4.78, 5) is 11.3. The average molecular weight is 348 g/mol. The largest absolute Gasteiger partial charge is 0.389 e. The van der Waals surface area contributed by atoms with Gasteiger partial charge in [-0.1, -0.05) is 19.3 Å². The molecule has 0 spiro atoms. The molecule has 2 saturated heterocycles. The molecule has 3 heterocycles. The number of aromatic nitrogens is 2. The van der Waals surface area contributed by atoms with Crippen molar-refractivity contribution in [2.75, 3.05) is 43.1 Å². The fourth-order valence-electron chi connectivity index (χ4n) is 3.92. The monoisotopic (exact) mass is 348 g/mol. The first-order chi connectivity index (χ1) is 12.1. The van der Waals surface area contributed by atoms with Gasteiger partial charge < -0.3 is 25.2 Å². The Balaban J connectivity index is 1.51. The molecule has 1 saturated carbocycles. The van der Waals surface area contributed by atoms with Crippen LogP contribution in [-0.4, -0.2) is 64.7 Å². The van der Waals surface area contributed by atoms with Crippen LogP contribution in [0.3, 0.4) is 0 Å². The zero-order chi connectivity index (χ0) is 17.3. The van der Waals surface area contributed by atoms with Crippen molar-refractivity contribution in [2.45, 2.75) is 56.1 Å². The molecule has 2 aliphatic heterocycles. The molecular formula is C18H28N4O3. The van der Waals surface area contributed by atoms with E-state index in [1.165, 1.54) is 6.42 Å². The predicted molar refractivity (Wildman–Crippen MR) is 95.0 cm³/mol. The average Bonchev–Trinajstić information content (AvgIpc) is 3.12. The van der Waals surface area contributed by atoms with E-state index in [0.29, 0.717) is 38.1 Å². The molecule has 1 unspecified atom stereocenters. The molecule has 3 aliphatic rings. The van der Waals surface area contributed by atoms with Gasteiger partial charge in [-0.3, -0.25) is 0 Å². The fourth-order valence-corrected chi connectivity index (χ4v) is 3.92. The highest BCUT2D eigenvalue weighted by molar-refractivity contribution is 5.46. The summed E-state index contributed by atoms with van der Waals surface area (Å²) in [5, 5.41) is 23.6. The van der Waals surface area contributed by atoms with Crippen LogP contribution in [0.15, 0.2) is 6.07 Å². The summed E-state index contributed by atoms with van der Waals surface area (Å²) in [5.41, 5.74) is 0.356. The molecule has 7 heteroatoms. The molecule has 1 atom stereocenters. The molecule has 0 amide bonds. The zero-order valence-corrected chi connectivity index (χ0v) is 14.7. The lowest BCUT2D eigenvalue weighted by atomic mass is 9.85. The number of nitrogens with one attached hydrogen (secondary N) is 1. The molecule has 3 fully saturated rings. The van der Waals surface area contributed by atoms with Crippen LogP contribution in [-0.2, 0) is 4.74 Å². The number of hydrogen-bond donors (Lipinski definition) is 3. The van der Waals surface area contributed by atoms with Crippen LogP contribution in [0.4, 0.5) is 11.8 Å². The standard InChI is InChI=1S/C18H28N4O3/c23-14-9-22(10-14)17-20-15(13-4-7-25-11-13)8-16(21-17)19-12-18(24)5-2-1-3-6-18/h8,13-14,23-24H,1-7,9-12H2,(H,19,20,21). The van der Waals surface area contributed by atoms with E-state index in [1.807, 2.05) is 11.0 Å². The molecule has 3 N–H and O–H groups in total. The second-order valence-corrected chi connectivity index (χ2v) is 7.74. The van der Waals surface area contributed by atoms with Gasteiger partial charge in [-0.2, -0.15) is 4.98 Å². The summed E-state index contributed by atoms with van der Waals surface area (Å²) in [6, 6.07) is 1.99. The van der Waals surface area contributed by atoms with Gasteiger partial charge in [0, 0.05) is 38.2 Å². The van der Waals surface area contributed by atoms with Gasteiger partial charge in [0.25, 0.3) is 0 Å². The van der Waals surface area contributed by atoms with E-state index in [0.717, 1.165) is 50.2 Å². The van der Waals surface area contributed by atoms with Crippen molar-refractivity contribution in [1.29, 1.82) is 0 Å². The quantitative estimate of drug-likeness (QED) is 0.738. The van der Waals surface area contributed by atoms with Gasteiger partial charge in [0.1, 0.15) is 5.82 Å². The number of ether oxygens (including phenoxy) is 1. The predicted octanol–water partition coefficient (Wildman–Crippen LogP) is 1.27. The van der Waals surface area contributed by atoms with Crippen LogP contribution >= 0.6 is 0 Å². The topological polar surface area (TPSA) is 90.7 Å². The number of aliphatic hydroxyl groups excluding tert-OH is 1. The lowest BCUT2D eigenvalue weighted by Crippen LogP contribution is -2.51. The third kappa shape index (κ3) is 3.88. The van der Waals surface area contributed by atoms with Crippen LogP contribution < -0.4 is 10.2 Å². The highest BCUT2D eigenvalue weighted by Crippen LogP contribution is 2.30. The van der Waals surface area contributed by atoms with Crippen LogP contribution in [0.25, 0.3) is 0 Å². The van der Waals surface area contributed by atoms with Crippen molar-refractivity contribution >= 4 is 11.8 Å². The Kier molecular flexibility index (Phi) is 4.80. The molecule has 1 aromatic rings. The maximum atomic E-state index is 10.7. The van der Waals surface area contributed by atoms with Gasteiger partial charge in [0.15, 0.2) is 0 Å². The second-order valence-electron chi connectivity index (χ2n) is 7.74. The Labute approximate surface area is 148 Å². The maximum Gasteiger partial charge on any atom is 0.227 e. The Morgan fingerprint density at radius 2 is 2.04 bits per heavy atom. The SMILES string of the molecule is OC1CN(c2nc(NCC3(O)CCCCC3)cc(C3CCOC3)n2)C1. The van der Waals surface area contributed by atoms with Gasteiger partial charge in [0.05, 0.1) is 24.0 Å². The fraction of sp³-hybridized carbons (Fsp3) is 0.778. The number of nitrogens with zero attached hydrogens (tertiary/aromatic N) is 3. The Hall–Kier alpha value is -1.44. The molecule has 4 rings (SSSR count). The van der Waals surface area contributed by atoms with Crippen molar-refractivity contribution in [3.63, 3.8) is 0 Å². The second kappa shape index (κ2) is 7.05. The van der Waals surface area contributed by atoms with E-state index in [1.54, 1.807) is 0 Å². The third-order valence-corrected chi connectivity index (χ3v) is 5.61. The molecule has 0 aromatic carbocycles. The summed E-state index contributed by atoms with van der Waals surface area (Å²) in [5.74, 6) is 1.71. The number of hydrogen-bond acceptors (Lipinski definition) is 7. The Morgan fingerprint density at radius 3 is 2.72 bits per heavy atom. The minimum atomic E-state index is -0.632. The lowest BCUT2D eigenvalue weighted by molar-refractivity contribution is 0.0166. The summed E-state index contributed by atoms with van der Waals surface area (Å²) in [6.07, 6.45) is 5.76. The number of aliphatic hydroxyl groups is 2. The minimum Gasteiger partial charge on any atom is -0.389 e. The van der Waals surface area contributed by atoms with Gasteiger partial charge in [-0.25, -0.2) is 4.98 Å². The number of anilines is 2. The highest BCUT2D eigenvalue weighted by atomic mass is 16.5. The molecular weight excluding hydrogens is 320 g/mol. The van der Waals surface area contributed by atoms with Crippen molar-refractivity contribution < 1.29 is 14.9 Å². The van der Waals surface area contributed by atoms with E-state index < -0.39 is 5.60 Å². The third-order valence-electron chi connectivity index (χ3n) is 5.61. The summed E-state index contributed by atoms with van der Waals surface area (Å²) in [6.45, 7) is 3.14. The van der Waals surface area contributed by atoms with Gasteiger partial charge in [-0.15, -0.1) is 0 Å². The van der Waals surface area contributed by atoms with Crippen molar-refractivity contribution in [3.8, 4) is 0 Å². The smallest absolute Gasteiger partial charge is 0.227 e. The zero-order valence-electron chi connectivity index (χ0n) is 14.7. The molecule has 0 bridgehead atoms. The van der Waals surface area contributed by atoms with E-state index in [2.05, 4.69) is 10.3 Å². The van der Waals surface area contributed by atoms with Gasteiger partial charge in [-0.05, 0) is 19.3 Å². The van der Waals surface area contributed by atoms with Crippen molar-refractivity contribution in [3.05, 3.63) is 11.8 Å². The normalized spacial score (nSPS) is 26.5. The maximum absolute atomic E-state index is 10.7. The first-order valence-electron chi connectivity index (χ1n) is 9.47. The molecule has 0 radical (unpaired) electrons. The molecule has 1 aromatic heterocycles. The molecule has 1 aliphatic carbocycles. The Morgan fingerprint density at radius 1 is 1.24 bits per heavy atom. The Bertz CT molecular complexity index is 594. The van der Waals surface area contributed by atoms with Gasteiger partial charge >= 0.3 is 0 Å². The van der Waals surface area contributed by atoms with E-state index in [4.69, 9.17) is 9.72 Å². The first-order valence-corrected chi connectivity index (χ1v) is 9.47. The van der Waals surface area contributed by atoms with E-state index >= 15 is 0 Å². The number of β-amino-alcohol motifs (C(OH)–C–C–N with tert-alkyl or cyclic N) is 1. The van der Waals surface area contributed by atoms with Crippen LogP contribution in [0.5, 0.6) is 0 Å². The summed E-state index contributed by atoms with van der Waals surface area (Å²) in [7, 11) is 0. The number of rotatable bonds is 5. The van der Waals surface area contributed by atoms with Crippen molar-refractivity contribution in [1.82, 2.24) is 9.97 Å². The first kappa shape index (κ1) is 17.0. The van der Waals surface area contributed by atoms with Crippen molar-refractivity contribution in [2.24, 2.45) is 0 Å². The van der Waals surface area contributed by atoms with Gasteiger partial charge in [0.2, 0.25) is 5.95 Å². The summed E-state index contributed by atoms with van der Waals surface area (Å²) < 4.78 is 5.51. The molecule has 7 nitrogen and oxygen atoms in total.